The van der Waals surface area contributed by atoms with Crippen molar-refractivity contribution >= 4 is 28.5 Å². The molecular weight excluding hydrogens is 278 g/mol. The molecule has 3 rings (SSSR count). The number of aromatic amines is 1. The topological polar surface area (TPSA) is 70.2 Å². The Morgan fingerprint density at radius 1 is 1.00 bits per heavy atom. The highest BCUT2D eigenvalue weighted by Gasteiger charge is 2.12. The zero-order valence-corrected chi connectivity index (χ0v) is 11.6. The van der Waals surface area contributed by atoms with E-state index in [-0.39, 0.29) is 11.0 Å². The van der Waals surface area contributed by atoms with Gasteiger partial charge < -0.3 is 10.1 Å². The highest BCUT2D eigenvalue weighted by atomic mass is 16.4. The predicted molar refractivity (Wildman–Crippen MR) is 86.5 cm³/mol. The van der Waals surface area contributed by atoms with Gasteiger partial charge in [0.1, 0.15) is 0 Å². The number of pyridine rings is 1. The number of nitrogens with one attached hydrogen (secondary N) is 1. The van der Waals surface area contributed by atoms with Crippen molar-refractivity contribution in [3.8, 4) is 0 Å². The Kier molecular flexibility index (Phi) is 3.58. The molecule has 0 amide bonds. The third kappa shape index (κ3) is 2.54. The molecule has 0 aliphatic heterocycles. The lowest BCUT2D eigenvalue weighted by Gasteiger charge is -2.04. The van der Waals surface area contributed by atoms with E-state index >= 15 is 0 Å². The van der Waals surface area contributed by atoms with Crippen LogP contribution in [-0.2, 0) is 4.79 Å². The van der Waals surface area contributed by atoms with Gasteiger partial charge in [-0.15, -0.1) is 0 Å². The van der Waals surface area contributed by atoms with E-state index < -0.39 is 5.97 Å². The van der Waals surface area contributed by atoms with E-state index in [1.165, 1.54) is 12.3 Å². The summed E-state index contributed by atoms with van der Waals surface area (Å²) in [5.74, 6) is -1.07. The Morgan fingerprint density at radius 3 is 2.41 bits per heavy atom. The molecule has 0 unspecified atom stereocenters. The molecule has 0 aliphatic rings. The van der Waals surface area contributed by atoms with E-state index in [9.17, 15) is 14.7 Å². The van der Waals surface area contributed by atoms with Crippen LogP contribution in [-0.4, -0.2) is 16.1 Å². The van der Waals surface area contributed by atoms with Crippen molar-refractivity contribution in [3.05, 3.63) is 82.1 Å². The van der Waals surface area contributed by atoms with Gasteiger partial charge in [-0.05, 0) is 23.8 Å². The van der Waals surface area contributed by atoms with Crippen molar-refractivity contribution in [1.29, 1.82) is 0 Å². The lowest BCUT2D eigenvalue weighted by Crippen LogP contribution is -2.08. The number of para-hydroxylation sites is 1. The Bertz CT molecular complexity index is 924. The summed E-state index contributed by atoms with van der Waals surface area (Å²) in [4.78, 5) is 27.0. The molecular formula is C18H13NO3. The van der Waals surface area contributed by atoms with E-state index in [2.05, 4.69) is 4.98 Å². The smallest absolute Gasteiger partial charge is 0.336 e. The first-order chi connectivity index (χ1) is 10.7. The van der Waals surface area contributed by atoms with Gasteiger partial charge in [-0.2, -0.15) is 0 Å². The first kappa shape index (κ1) is 13.8. The van der Waals surface area contributed by atoms with Crippen LogP contribution in [0.5, 0.6) is 0 Å². The van der Waals surface area contributed by atoms with Crippen molar-refractivity contribution in [2.45, 2.75) is 0 Å². The summed E-state index contributed by atoms with van der Waals surface area (Å²) >= 11 is 0. The lowest BCUT2D eigenvalue weighted by atomic mass is 10.0. The molecule has 22 heavy (non-hydrogen) atoms. The zero-order valence-electron chi connectivity index (χ0n) is 11.6. The number of carbonyl (C=O) groups is 1. The number of benzene rings is 2. The van der Waals surface area contributed by atoms with Crippen LogP contribution in [0.25, 0.3) is 22.6 Å². The van der Waals surface area contributed by atoms with Gasteiger partial charge in [0.15, 0.2) is 5.43 Å². The van der Waals surface area contributed by atoms with Crippen molar-refractivity contribution in [2.75, 3.05) is 0 Å². The fourth-order valence-electron chi connectivity index (χ4n) is 2.33. The van der Waals surface area contributed by atoms with Crippen molar-refractivity contribution in [2.24, 2.45) is 0 Å². The molecule has 0 radical (unpaired) electrons. The molecule has 0 spiro atoms. The number of aliphatic carboxylic acids is 1. The number of carboxylic acids is 1. The monoisotopic (exact) mass is 291 g/mol. The molecule has 1 aromatic heterocycles. The van der Waals surface area contributed by atoms with Crippen LogP contribution in [0.2, 0.25) is 0 Å². The second-order valence-electron chi connectivity index (χ2n) is 4.85. The summed E-state index contributed by atoms with van der Waals surface area (Å²) in [6.45, 7) is 0. The summed E-state index contributed by atoms with van der Waals surface area (Å²) in [5, 5.41) is 9.95. The molecule has 0 fully saturated rings. The third-order valence-electron chi connectivity index (χ3n) is 3.43. The van der Waals surface area contributed by atoms with E-state index in [1.54, 1.807) is 42.5 Å². The maximum atomic E-state index is 12.5. The zero-order chi connectivity index (χ0) is 15.5. The third-order valence-corrected chi connectivity index (χ3v) is 3.43. The SMILES string of the molecule is O=C(O)C(=Cc1c[nH]c2ccccc2c1=O)c1ccccc1. The molecule has 0 saturated carbocycles. The van der Waals surface area contributed by atoms with Gasteiger partial charge in [0.25, 0.3) is 0 Å². The molecule has 4 nitrogen and oxygen atoms in total. The standard InChI is InChI=1S/C18H13NO3/c20-17-13(11-19-16-9-5-4-8-14(16)17)10-15(18(21)22)12-6-2-1-3-7-12/h1-11H,(H,19,20)(H,21,22). The molecule has 1 heterocycles. The molecule has 0 aliphatic carbocycles. The van der Waals surface area contributed by atoms with Crippen LogP contribution in [0.4, 0.5) is 0 Å². The quantitative estimate of drug-likeness (QED) is 0.728. The predicted octanol–water partition coefficient (Wildman–Crippen LogP) is 3.15. The molecule has 108 valence electrons. The molecule has 0 saturated heterocycles. The second kappa shape index (κ2) is 5.69. The molecule has 0 bridgehead atoms. The van der Waals surface area contributed by atoms with Crippen LogP contribution in [0.15, 0.2) is 65.6 Å². The van der Waals surface area contributed by atoms with E-state index in [4.69, 9.17) is 0 Å². The number of H-pyrrole nitrogens is 1. The lowest BCUT2D eigenvalue weighted by molar-refractivity contribution is -0.130. The minimum Gasteiger partial charge on any atom is -0.478 e. The first-order valence-electron chi connectivity index (χ1n) is 6.77. The number of hydrogen-bond acceptors (Lipinski definition) is 2. The van der Waals surface area contributed by atoms with Gasteiger partial charge in [-0.1, -0.05) is 42.5 Å². The fourth-order valence-corrected chi connectivity index (χ4v) is 2.33. The maximum Gasteiger partial charge on any atom is 0.336 e. The van der Waals surface area contributed by atoms with Crippen molar-refractivity contribution in [1.82, 2.24) is 4.98 Å². The summed E-state index contributed by atoms with van der Waals surface area (Å²) in [7, 11) is 0. The number of fused-ring (bicyclic) bond motifs is 1. The van der Waals surface area contributed by atoms with Gasteiger partial charge in [0.2, 0.25) is 0 Å². The summed E-state index contributed by atoms with van der Waals surface area (Å²) in [5.41, 5.74) is 1.49. The van der Waals surface area contributed by atoms with Gasteiger partial charge in [0, 0.05) is 22.7 Å². The van der Waals surface area contributed by atoms with E-state index in [1.807, 2.05) is 12.1 Å². The van der Waals surface area contributed by atoms with Crippen molar-refractivity contribution in [3.63, 3.8) is 0 Å². The Labute approximate surface area is 126 Å². The number of carboxylic acid groups (broad SMARTS) is 1. The molecule has 0 atom stereocenters. The van der Waals surface area contributed by atoms with Crippen LogP contribution in [0.1, 0.15) is 11.1 Å². The summed E-state index contributed by atoms with van der Waals surface area (Å²) in [6.07, 6.45) is 2.94. The fraction of sp³-hybridized carbons (Fsp3) is 0. The number of rotatable bonds is 3. The summed E-state index contributed by atoms with van der Waals surface area (Å²) < 4.78 is 0. The van der Waals surface area contributed by atoms with E-state index in [0.717, 1.165) is 5.52 Å². The van der Waals surface area contributed by atoms with E-state index in [0.29, 0.717) is 16.5 Å². The Morgan fingerprint density at radius 2 is 1.68 bits per heavy atom. The van der Waals surface area contributed by atoms with Gasteiger partial charge in [-0.25, -0.2) is 4.79 Å². The summed E-state index contributed by atoms with van der Waals surface area (Å²) in [6, 6.07) is 15.9. The Balaban J connectivity index is 2.19. The highest BCUT2D eigenvalue weighted by molar-refractivity contribution is 6.20. The average molecular weight is 291 g/mol. The molecule has 2 aromatic carbocycles. The van der Waals surface area contributed by atoms with Gasteiger partial charge in [-0.3, -0.25) is 4.79 Å². The van der Waals surface area contributed by atoms with Crippen LogP contribution in [0.3, 0.4) is 0 Å². The van der Waals surface area contributed by atoms with Crippen LogP contribution in [0, 0.1) is 0 Å². The normalized spacial score (nSPS) is 11.5. The van der Waals surface area contributed by atoms with Crippen molar-refractivity contribution < 1.29 is 9.90 Å². The largest absolute Gasteiger partial charge is 0.478 e. The van der Waals surface area contributed by atoms with Gasteiger partial charge >= 0.3 is 5.97 Å². The van der Waals surface area contributed by atoms with Crippen LogP contribution < -0.4 is 5.43 Å². The minimum atomic E-state index is -1.07. The molecule has 4 heteroatoms. The maximum absolute atomic E-state index is 12.5. The number of hydrogen-bond donors (Lipinski definition) is 2. The van der Waals surface area contributed by atoms with Gasteiger partial charge in [0.05, 0.1) is 5.57 Å². The van der Waals surface area contributed by atoms with Crippen LogP contribution >= 0.6 is 0 Å². The number of aromatic nitrogens is 1. The second-order valence-corrected chi connectivity index (χ2v) is 4.85. The molecule has 2 N–H and O–H groups in total. The molecule has 3 aromatic rings. The average Bonchev–Trinajstić information content (AvgIpc) is 2.55. The first-order valence-corrected chi connectivity index (χ1v) is 6.77. The Hall–Kier alpha value is -3.14. The minimum absolute atomic E-state index is 0.0846. The highest BCUT2D eigenvalue weighted by Crippen LogP contribution is 2.18.